The monoisotopic (exact) mass is 468 g/mol. The Morgan fingerprint density at radius 2 is 1.13 bits per heavy atom. The molecule has 0 aromatic heterocycles. The fourth-order valence-corrected chi connectivity index (χ4v) is 5.12. The van der Waals surface area contributed by atoms with Gasteiger partial charge in [0.05, 0.1) is 11.5 Å². The van der Waals surface area contributed by atoms with Crippen LogP contribution in [0.5, 0.6) is 11.5 Å². The van der Waals surface area contributed by atoms with E-state index in [1.165, 1.54) is 24.3 Å². The maximum atomic E-state index is 11.9. The number of hydrogen-bond donors (Lipinski definition) is 4. The summed E-state index contributed by atoms with van der Waals surface area (Å²) in [6.07, 6.45) is 1.26. The number of rotatable bonds is 10. The molecule has 0 atom stereocenters. The Hall–Kier alpha value is -1.14. The van der Waals surface area contributed by atoms with Crippen LogP contribution < -0.4 is 29.6 Å². The van der Waals surface area contributed by atoms with Crippen molar-refractivity contribution < 1.29 is 67.1 Å². The molecule has 0 aliphatic carbocycles. The molecule has 0 heterocycles. The summed E-state index contributed by atoms with van der Waals surface area (Å²) < 4.78 is 64.1. The largest absolute Gasteiger partial charge is 1.00 e. The van der Waals surface area contributed by atoms with Gasteiger partial charge in [0.2, 0.25) is 0 Å². The molecule has 0 radical (unpaired) electrons. The van der Waals surface area contributed by atoms with E-state index in [-0.39, 0.29) is 55.3 Å². The van der Waals surface area contributed by atoms with Gasteiger partial charge in [0, 0.05) is 5.41 Å². The van der Waals surface area contributed by atoms with Crippen LogP contribution in [0.15, 0.2) is 48.5 Å². The van der Waals surface area contributed by atoms with Gasteiger partial charge in [-0.3, -0.25) is 9.11 Å². The van der Waals surface area contributed by atoms with Crippen molar-refractivity contribution in [3.63, 3.8) is 0 Å². The normalized spacial score (nSPS) is 12.3. The van der Waals surface area contributed by atoms with Crippen molar-refractivity contribution in [2.75, 3.05) is 11.5 Å². The average molecular weight is 469 g/mol. The number of unbranched alkanes of at least 4 members (excludes halogenated alkanes) is 2. The molecule has 0 aliphatic heterocycles. The molecule has 2 aromatic carbocycles. The summed E-state index contributed by atoms with van der Waals surface area (Å²) in [6.45, 7) is 0. The van der Waals surface area contributed by atoms with E-state index in [2.05, 4.69) is 0 Å². The Morgan fingerprint density at radius 3 is 1.50 bits per heavy atom. The van der Waals surface area contributed by atoms with E-state index in [1.54, 1.807) is 24.3 Å². The summed E-state index contributed by atoms with van der Waals surface area (Å²) in [5, 5.41) is 19.2. The van der Waals surface area contributed by atoms with Gasteiger partial charge in [-0.2, -0.15) is 16.8 Å². The molecule has 11 heteroatoms. The molecule has 0 fully saturated rings. The van der Waals surface area contributed by atoms with Gasteiger partial charge in [-0.05, 0) is 48.2 Å². The van der Waals surface area contributed by atoms with Crippen molar-refractivity contribution in [3.05, 3.63) is 59.7 Å². The Labute approximate surface area is 200 Å². The van der Waals surface area contributed by atoms with Crippen molar-refractivity contribution in [2.24, 2.45) is 0 Å². The number of benzene rings is 2. The Morgan fingerprint density at radius 1 is 0.700 bits per heavy atom. The van der Waals surface area contributed by atoms with Crippen molar-refractivity contribution in [1.29, 1.82) is 0 Å². The van der Waals surface area contributed by atoms with Crippen LogP contribution in [0.3, 0.4) is 0 Å². The van der Waals surface area contributed by atoms with Gasteiger partial charge < -0.3 is 11.6 Å². The van der Waals surface area contributed by atoms with Crippen LogP contribution >= 0.6 is 0 Å². The fourth-order valence-electron chi connectivity index (χ4n) is 3.45. The van der Waals surface area contributed by atoms with Gasteiger partial charge in [-0.1, -0.05) is 37.1 Å². The summed E-state index contributed by atoms with van der Waals surface area (Å²) in [4.78, 5) is 0. The minimum Gasteiger partial charge on any atom is -1.00 e. The van der Waals surface area contributed by atoms with E-state index >= 15 is 0 Å². The second-order valence-electron chi connectivity index (χ2n) is 7.00. The third-order valence-corrected chi connectivity index (χ3v) is 6.44. The maximum Gasteiger partial charge on any atom is 1.00 e. The van der Waals surface area contributed by atoms with E-state index in [9.17, 15) is 31.6 Å². The topological polar surface area (TPSA) is 149 Å². The molecule has 30 heavy (non-hydrogen) atoms. The molecular formula is C19H25NaO8S2. The van der Waals surface area contributed by atoms with Crippen LogP contribution in [0, 0.1) is 0 Å². The molecule has 0 saturated carbocycles. The first-order valence-corrected chi connectivity index (χ1v) is 12.1. The molecule has 162 valence electrons. The van der Waals surface area contributed by atoms with Crippen LogP contribution in [0.4, 0.5) is 0 Å². The second-order valence-corrected chi connectivity index (χ2v) is 10.0. The molecule has 0 spiro atoms. The quantitative estimate of drug-likeness (QED) is 0.213. The van der Waals surface area contributed by atoms with Crippen molar-refractivity contribution in [1.82, 2.24) is 0 Å². The van der Waals surface area contributed by atoms with Gasteiger partial charge in [-0.15, -0.1) is 0 Å². The molecule has 4 N–H and O–H groups in total. The summed E-state index contributed by atoms with van der Waals surface area (Å²) in [7, 11) is -8.50. The van der Waals surface area contributed by atoms with Crippen LogP contribution in [0.25, 0.3) is 0 Å². The molecule has 0 amide bonds. The predicted octanol–water partition coefficient (Wildman–Crippen LogP) is -0.164. The zero-order chi connectivity index (χ0) is 21.7. The second kappa shape index (κ2) is 10.9. The van der Waals surface area contributed by atoms with E-state index < -0.39 is 37.2 Å². The molecule has 2 rings (SSSR count). The number of phenols is 2. The first-order valence-electron chi connectivity index (χ1n) is 8.91. The van der Waals surface area contributed by atoms with Gasteiger partial charge >= 0.3 is 29.6 Å². The van der Waals surface area contributed by atoms with Crippen molar-refractivity contribution in [2.45, 2.75) is 31.1 Å². The van der Waals surface area contributed by atoms with Crippen LogP contribution in [-0.4, -0.2) is 47.7 Å². The first kappa shape index (κ1) is 26.9. The van der Waals surface area contributed by atoms with Crippen LogP contribution in [-0.2, 0) is 25.7 Å². The molecule has 0 saturated heterocycles. The average Bonchev–Trinajstić information content (AvgIpc) is 2.59. The van der Waals surface area contributed by atoms with Crippen molar-refractivity contribution in [3.8, 4) is 11.5 Å². The minimum atomic E-state index is -4.43. The minimum absolute atomic E-state index is 0. The van der Waals surface area contributed by atoms with Gasteiger partial charge in [-0.25, -0.2) is 0 Å². The predicted molar refractivity (Wildman–Crippen MR) is 109 cm³/mol. The van der Waals surface area contributed by atoms with E-state index in [0.29, 0.717) is 24.0 Å². The molecule has 8 nitrogen and oxygen atoms in total. The number of hydrogen-bond acceptors (Lipinski definition) is 6. The van der Waals surface area contributed by atoms with Gasteiger partial charge in [0.15, 0.2) is 0 Å². The SMILES string of the molecule is O=S(=O)(O)CCCCCC(CS(=O)(=O)O)(c1ccc(O)cc1)c1ccc(O)cc1.[H-].[Na+]. The fraction of sp³-hybridized carbons (Fsp3) is 0.368. The Balaban J connectivity index is 0.00000450. The van der Waals surface area contributed by atoms with E-state index in [0.717, 1.165) is 0 Å². The van der Waals surface area contributed by atoms with Gasteiger partial charge in [0.25, 0.3) is 20.2 Å². The molecule has 0 aliphatic rings. The van der Waals surface area contributed by atoms with Gasteiger partial charge in [0.1, 0.15) is 11.5 Å². The molecular weight excluding hydrogens is 443 g/mol. The zero-order valence-corrected chi connectivity index (χ0v) is 20.2. The standard InChI is InChI=1S/C19H24O8S2.Na.H/c20-17-8-4-15(5-9-17)19(14-29(25,26)27,16-6-10-18(21)11-7-16)12-2-1-3-13-28(22,23)24;;/h4-11,20-21H,1-3,12-14H2,(H,22,23,24)(H,25,26,27);;/q;+1;-1. The van der Waals surface area contributed by atoms with Crippen molar-refractivity contribution >= 4 is 20.2 Å². The number of phenolic OH excluding ortho intramolecular Hbond substituents is 2. The smallest absolute Gasteiger partial charge is 1.00 e. The molecule has 0 unspecified atom stereocenters. The number of aromatic hydroxyl groups is 2. The summed E-state index contributed by atoms with van der Waals surface area (Å²) >= 11 is 0. The zero-order valence-electron chi connectivity index (χ0n) is 17.6. The van der Waals surface area contributed by atoms with E-state index in [1.807, 2.05) is 0 Å². The Bertz CT molecular complexity index is 978. The van der Waals surface area contributed by atoms with E-state index in [4.69, 9.17) is 4.55 Å². The summed E-state index contributed by atoms with van der Waals surface area (Å²) in [6, 6.07) is 11.9. The Kier molecular flexibility index (Phi) is 9.81. The van der Waals surface area contributed by atoms with Crippen LogP contribution in [0.1, 0.15) is 38.2 Å². The molecule has 0 bridgehead atoms. The third kappa shape index (κ3) is 8.18. The first-order chi connectivity index (χ1) is 13.4. The summed E-state index contributed by atoms with van der Waals surface area (Å²) in [5.41, 5.74) is -0.116. The van der Waals surface area contributed by atoms with Crippen LogP contribution in [0.2, 0.25) is 0 Å². The molecule has 2 aromatic rings. The third-order valence-electron chi connectivity index (χ3n) is 4.77. The maximum absolute atomic E-state index is 11.9. The summed E-state index contributed by atoms with van der Waals surface area (Å²) in [5.74, 6) is -1.04.